The summed E-state index contributed by atoms with van der Waals surface area (Å²) in [6.45, 7) is 14.1. The highest BCUT2D eigenvalue weighted by molar-refractivity contribution is 7.99. The first-order valence-electron chi connectivity index (χ1n) is 19.2. The summed E-state index contributed by atoms with van der Waals surface area (Å²) < 4.78 is 37.0. The fourth-order valence-corrected chi connectivity index (χ4v) is 7.93. The molecule has 0 spiro atoms. The molecule has 3 aromatic rings. The zero-order valence-corrected chi connectivity index (χ0v) is 35.6. The molecule has 0 fully saturated rings. The predicted molar refractivity (Wildman–Crippen MR) is 222 cm³/mol. The number of imide groups is 1. The third-order valence-corrected chi connectivity index (χ3v) is 11.9. The van der Waals surface area contributed by atoms with Crippen LogP contribution in [0.5, 0.6) is 0 Å². The van der Waals surface area contributed by atoms with Crippen molar-refractivity contribution in [3.63, 3.8) is 0 Å². The van der Waals surface area contributed by atoms with Gasteiger partial charge in [0.1, 0.15) is 11.6 Å². The molecule has 0 saturated carbocycles. The molecule has 57 heavy (non-hydrogen) atoms. The summed E-state index contributed by atoms with van der Waals surface area (Å²) in [4.78, 5) is 65.8. The quantitative estimate of drug-likeness (QED) is 0.0713. The summed E-state index contributed by atoms with van der Waals surface area (Å²) in [5, 5.41) is 5.52. The van der Waals surface area contributed by atoms with Crippen LogP contribution in [0.1, 0.15) is 50.9 Å². The first-order valence-corrected chi connectivity index (χ1v) is 24.1. The largest absolute Gasteiger partial charge is 0.450 e. The molecule has 2 aromatic carbocycles. The summed E-state index contributed by atoms with van der Waals surface area (Å²) in [5.74, 6) is -2.05. The molecule has 308 valence electrons. The molecular formula is C42H55F2N5O6SSi. The number of carbonyl (C=O) groups is 5. The van der Waals surface area contributed by atoms with Crippen LogP contribution in [-0.2, 0) is 30.5 Å². The maximum atomic E-state index is 15.2. The van der Waals surface area contributed by atoms with Crippen LogP contribution >= 0.6 is 11.8 Å². The van der Waals surface area contributed by atoms with Gasteiger partial charge in [-0.05, 0) is 47.7 Å². The Balaban J connectivity index is 1.54. The molecule has 1 aromatic heterocycles. The smallest absolute Gasteiger partial charge is 0.407 e. The second-order valence-electron chi connectivity index (χ2n) is 16.3. The standard InChI is InChI=1S/C42H55F2N5O6SSi/c1-42(2,3)40(35-25-31(33-26-32(43)13-14-34(33)44)28-47(35)27-30-11-8-7-9-12-30)49(20-10-18-46-41(54)55-22-24-57(4,5)6)39(53)29-56-23-17-36(50)45-19-21-48-37(51)15-16-38(48)52/h7-9,11-16,25-26,28,40H,10,17-24,27,29H2,1-6H3,(H,45,50)(H,46,54)/t40-/m0/s1. The molecule has 1 atom stereocenters. The van der Waals surface area contributed by atoms with Crippen molar-refractivity contribution in [2.24, 2.45) is 5.41 Å². The lowest BCUT2D eigenvalue weighted by Gasteiger charge is -2.41. The van der Waals surface area contributed by atoms with Gasteiger partial charge >= 0.3 is 6.09 Å². The van der Waals surface area contributed by atoms with Crippen LogP contribution in [0.4, 0.5) is 13.6 Å². The topological polar surface area (TPSA) is 130 Å². The van der Waals surface area contributed by atoms with Crippen LogP contribution in [0, 0.1) is 17.0 Å². The molecule has 15 heteroatoms. The van der Waals surface area contributed by atoms with Gasteiger partial charge in [-0.2, -0.15) is 11.8 Å². The van der Waals surface area contributed by atoms with Gasteiger partial charge in [0, 0.05) is 88.1 Å². The van der Waals surface area contributed by atoms with Crippen LogP contribution in [-0.4, -0.2) is 96.5 Å². The van der Waals surface area contributed by atoms with Crippen molar-refractivity contribution in [1.82, 2.24) is 25.0 Å². The molecule has 0 bridgehead atoms. The first-order chi connectivity index (χ1) is 26.9. The van der Waals surface area contributed by atoms with Gasteiger partial charge in [-0.1, -0.05) is 70.7 Å². The molecule has 5 amide bonds. The first kappa shape index (κ1) is 44.9. The van der Waals surface area contributed by atoms with Crippen molar-refractivity contribution in [3.05, 3.63) is 95.8 Å². The van der Waals surface area contributed by atoms with Gasteiger partial charge in [-0.15, -0.1) is 0 Å². The Labute approximate surface area is 339 Å². The molecule has 0 aliphatic carbocycles. The minimum Gasteiger partial charge on any atom is -0.450 e. The number of benzene rings is 2. The molecule has 0 saturated heterocycles. The Bertz CT molecular complexity index is 1890. The number of halogens is 2. The number of aromatic nitrogens is 1. The Hall–Kier alpha value is -4.76. The number of hydrogen-bond donors (Lipinski definition) is 2. The van der Waals surface area contributed by atoms with Gasteiger partial charge < -0.3 is 24.8 Å². The van der Waals surface area contributed by atoms with Crippen molar-refractivity contribution in [3.8, 4) is 11.1 Å². The van der Waals surface area contributed by atoms with E-state index in [0.717, 1.165) is 34.3 Å². The number of ether oxygens (including phenoxy) is 1. The van der Waals surface area contributed by atoms with E-state index in [-0.39, 0.29) is 55.7 Å². The highest BCUT2D eigenvalue weighted by Crippen LogP contribution is 2.41. The van der Waals surface area contributed by atoms with Crippen LogP contribution in [0.25, 0.3) is 11.1 Å². The summed E-state index contributed by atoms with van der Waals surface area (Å²) >= 11 is 1.30. The Morgan fingerprint density at radius 3 is 2.32 bits per heavy atom. The van der Waals surface area contributed by atoms with E-state index in [1.807, 2.05) is 61.7 Å². The predicted octanol–water partition coefficient (Wildman–Crippen LogP) is 7.02. The fraction of sp³-hybridized carbons (Fsp3) is 0.452. The van der Waals surface area contributed by atoms with E-state index in [1.54, 1.807) is 11.1 Å². The average molecular weight is 824 g/mol. The number of alkyl carbamates (subject to hydrolysis) is 1. The van der Waals surface area contributed by atoms with E-state index < -0.39 is 49.1 Å². The van der Waals surface area contributed by atoms with Crippen molar-refractivity contribution >= 4 is 49.6 Å². The Kier molecular flexibility index (Phi) is 16.2. The van der Waals surface area contributed by atoms with Crippen molar-refractivity contribution in [2.45, 2.75) is 71.9 Å². The second-order valence-corrected chi connectivity index (χ2v) is 23.0. The van der Waals surface area contributed by atoms with Gasteiger partial charge in [0.25, 0.3) is 11.8 Å². The zero-order valence-electron chi connectivity index (χ0n) is 33.7. The maximum absolute atomic E-state index is 15.2. The van der Waals surface area contributed by atoms with E-state index in [0.29, 0.717) is 30.9 Å². The third kappa shape index (κ3) is 14.0. The van der Waals surface area contributed by atoms with Gasteiger partial charge in [-0.3, -0.25) is 24.1 Å². The lowest BCUT2D eigenvalue weighted by Crippen LogP contribution is -2.44. The van der Waals surface area contributed by atoms with Gasteiger partial charge in [0.05, 0.1) is 18.4 Å². The number of nitrogens with one attached hydrogen (secondary N) is 2. The fourth-order valence-electron chi connectivity index (χ4n) is 6.40. The molecule has 0 radical (unpaired) electrons. The van der Waals surface area contributed by atoms with Crippen molar-refractivity contribution in [1.29, 1.82) is 0 Å². The lowest BCUT2D eigenvalue weighted by atomic mass is 9.83. The molecule has 0 unspecified atom stereocenters. The third-order valence-electron chi connectivity index (χ3n) is 9.29. The van der Waals surface area contributed by atoms with Crippen LogP contribution in [0.3, 0.4) is 0 Å². The van der Waals surface area contributed by atoms with Gasteiger partial charge in [-0.25, -0.2) is 13.6 Å². The van der Waals surface area contributed by atoms with Crippen LogP contribution in [0.2, 0.25) is 25.7 Å². The second kappa shape index (κ2) is 20.6. The number of carbonyl (C=O) groups excluding carboxylic acids is 5. The zero-order chi connectivity index (χ0) is 41.8. The molecule has 1 aliphatic heterocycles. The molecule has 11 nitrogen and oxygen atoms in total. The molecule has 2 N–H and O–H groups in total. The molecular weight excluding hydrogens is 769 g/mol. The Morgan fingerprint density at radius 2 is 1.65 bits per heavy atom. The summed E-state index contributed by atoms with van der Waals surface area (Å²) in [5.41, 5.74) is 1.73. The number of thioether (sulfide) groups is 1. The van der Waals surface area contributed by atoms with Crippen LogP contribution < -0.4 is 10.6 Å². The van der Waals surface area contributed by atoms with Gasteiger partial charge in [0.15, 0.2) is 0 Å². The molecule has 4 rings (SSSR count). The normalized spacial score (nSPS) is 13.5. The number of amides is 5. The SMILES string of the molecule is CC(C)(C)[C@H](c1cc(-c2cc(F)ccc2F)cn1Cc1ccccc1)N(CCCNC(=O)OCC[Si](C)(C)C)C(=O)CSCCC(=O)NCCN1C(=O)C=CC1=O. The monoisotopic (exact) mass is 823 g/mol. The van der Waals surface area contributed by atoms with E-state index in [1.165, 1.54) is 30.0 Å². The van der Waals surface area contributed by atoms with E-state index >= 15 is 4.39 Å². The van der Waals surface area contributed by atoms with Crippen molar-refractivity contribution in [2.75, 3.05) is 44.3 Å². The Morgan fingerprint density at radius 1 is 0.947 bits per heavy atom. The van der Waals surface area contributed by atoms with E-state index in [4.69, 9.17) is 4.74 Å². The number of rotatable bonds is 20. The summed E-state index contributed by atoms with van der Waals surface area (Å²) in [6, 6.07) is 15.2. The lowest BCUT2D eigenvalue weighted by molar-refractivity contribution is -0.137. The van der Waals surface area contributed by atoms with Crippen LogP contribution in [0.15, 0.2) is 72.9 Å². The van der Waals surface area contributed by atoms with E-state index in [9.17, 15) is 28.4 Å². The highest BCUT2D eigenvalue weighted by Gasteiger charge is 2.37. The molecule has 1 aliphatic rings. The maximum Gasteiger partial charge on any atom is 0.407 e. The summed E-state index contributed by atoms with van der Waals surface area (Å²) in [6.07, 6.45) is 4.19. The van der Waals surface area contributed by atoms with Crippen molar-refractivity contribution < 1.29 is 37.5 Å². The molecule has 2 heterocycles. The average Bonchev–Trinajstić information content (AvgIpc) is 3.69. The number of hydrogen-bond acceptors (Lipinski definition) is 7. The summed E-state index contributed by atoms with van der Waals surface area (Å²) in [7, 11) is -1.39. The highest BCUT2D eigenvalue weighted by atomic mass is 32.2. The number of nitrogens with zero attached hydrogens (tertiary/aromatic N) is 3. The minimum absolute atomic E-state index is 0.0548. The van der Waals surface area contributed by atoms with E-state index in [2.05, 4.69) is 30.3 Å². The minimum atomic E-state index is -1.39. The van der Waals surface area contributed by atoms with Gasteiger partial charge in [0.2, 0.25) is 11.8 Å².